The third-order valence-corrected chi connectivity index (χ3v) is 2.18. The molecule has 0 spiro atoms. The Labute approximate surface area is 81.2 Å². The van der Waals surface area contributed by atoms with Gasteiger partial charge < -0.3 is 5.11 Å². The van der Waals surface area contributed by atoms with E-state index in [2.05, 4.69) is 6.58 Å². The summed E-state index contributed by atoms with van der Waals surface area (Å²) in [5.41, 5.74) is 0.624. The van der Waals surface area contributed by atoms with Crippen molar-refractivity contribution in [3.63, 3.8) is 0 Å². The fourth-order valence-corrected chi connectivity index (χ4v) is 1.33. The molecule has 3 heteroatoms. The van der Waals surface area contributed by atoms with Gasteiger partial charge in [0.25, 0.3) is 0 Å². The SMILES string of the molecule is C=CCc1c(Cl)ccc(Cl)c1O. The molecule has 0 bridgehead atoms. The van der Waals surface area contributed by atoms with Crippen LogP contribution in [-0.2, 0) is 6.42 Å². The fourth-order valence-electron chi connectivity index (χ4n) is 0.922. The van der Waals surface area contributed by atoms with E-state index in [-0.39, 0.29) is 5.75 Å². The van der Waals surface area contributed by atoms with E-state index in [4.69, 9.17) is 23.2 Å². The highest BCUT2D eigenvalue weighted by atomic mass is 35.5. The van der Waals surface area contributed by atoms with Gasteiger partial charge in [0.2, 0.25) is 0 Å². The molecule has 0 amide bonds. The van der Waals surface area contributed by atoms with Gasteiger partial charge in [0, 0.05) is 10.6 Å². The van der Waals surface area contributed by atoms with E-state index in [1.165, 1.54) is 0 Å². The Kier molecular flexibility index (Phi) is 3.01. The van der Waals surface area contributed by atoms with Crippen LogP contribution in [0.15, 0.2) is 24.8 Å². The zero-order chi connectivity index (χ0) is 9.14. The molecule has 0 aliphatic heterocycles. The zero-order valence-corrected chi connectivity index (χ0v) is 7.86. The minimum absolute atomic E-state index is 0.0454. The van der Waals surface area contributed by atoms with Crippen molar-refractivity contribution in [2.75, 3.05) is 0 Å². The molecule has 1 rings (SSSR count). The number of benzene rings is 1. The molecule has 0 aromatic heterocycles. The Morgan fingerprint density at radius 1 is 1.33 bits per heavy atom. The smallest absolute Gasteiger partial charge is 0.139 e. The van der Waals surface area contributed by atoms with Crippen LogP contribution in [0.4, 0.5) is 0 Å². The number of allylic oxidation sites excluding steroid dienone is 1. The number of rotatable bonds is 2. The van der Waals surface area contributed by atoms with E-state index in [0.717, 1.165) is 0 Å². The maximum absolute atomic E-state index is 9.45. The first-order valence-electron chi connectivity index (χ1n) is 3.43. The van der Waals surface area contributed by atoms with Gasteiger partial charge in [-0.15, -0.1) is 6.58 Å². The van der Waals surface area contributed by atoms with Gasteiger partial charge >= 0.3 is 0 Å². The second-order valence-corrected chi connectivity index (χ2v) is 3.16. The van der Waals surface area contributed by atoms with Crippen LogP contribution in [0.25, 0.3) is 0 Å². The molecular weight excluding hydrogens is 195 g/mol. The number of halogens is 2. The fraction of sp³-hybridized carbons (Fsp3) is 0.111. The molecule has 0 saturated carbocycles. The second kappa shape index (κ2) is 3.83. The molecule has 1 aromatic rings. The van der Waals surface area contributed by atoms with Crippen molar-refractivity contribution in [1.82, 2.24) is 0 Å². The van der Waals surface area contributed by atoms with Crippen molar-refractivity contribution in [3.05, 3.63) is 40.4 Å². The zero-order valence-electron chi connectivity index (χ0n) is 6.35. The molecule has 0 unspecified atom stereocenters. The van der Waals surface area contributed by atoms with Crippen LogP contribution < -0.4 is 0 Å². The highest BCUT2D eigenvalue weighted by molar-refractivity contribution is 6.34. The highest BCUT2D eigenvalue weighted by Crippen LogP contribution is 2.33. The first kappa shape index (κ1) is 9.43. The van der Waals surface area contributed by atoms with Gasteiger partial charge in [-0.1, -0.05) is 29.3 Å². The summed E-state index contributed by atoms with van der Waals surface area (Å²) in [6.45, 7) is 3.56. The van der Waals surface area contributed by atoms with E-state index in [0.29, 0.717) is 22.0 Å². The summed E-state index contributed by atoms with van der Waals surface area (Å²) in [7, 11) is 0. The molecule has 64 valence electrons. The maximum Gasteiger partial charge on any atom is 0.139 e. The maximum atomic E-state index is 9.45. The molecule has 12 heavy (non-hydrogen) atoms. The monoisotopic (exact) mass is 202 g/mol. The predicted molar refractivity (Wildman–Crippen MR) is 52.0 cm³/mol. The average Bonchev–Trinajstić information content (AvgIpc) is 2.06. The van der Waals surface area contributed by atoms with E-state index < -0.39 is 0 Å². The van der Waals surface area contributed by atoms with Crippen molar-refractivity contribution in [3.8, 4) is 5.75 Å². The minimum atomic E-state index is 0.0454. The molecule has 0 radical (unpaired) electrons. The minimum Gasteiger partial charge on any atom is -0.506 e. The van der Waals surface area contributed by atoms with E-state index >= 15 is 0 Å². The van der Waals surface area contributed by atoms with E-state index in [9.17, 15) is 5.11 Å². The molecule has 1 aromatic carbocycles. The van der Waals surface area contributed by atoms with Gasteiger partial charge in [-0.3, -0.25) is 0 Å². The highest BCUT2D eigenvalue weighted by Gasteiger charge is 2.07. The van der Waals surface area contributed by atoms with Gasteiger partial charge in [-0.2, -0.15) is 0 Å². The van der Waals surface area contributed by atoms with Crippen LogP contribution >= 0.6 is 23.2 Å². The predicted octanol–water partition coefficient (Wildman–Crippen LogP) is 3.43. The summed E-state index contributed by atoms with van der Waals surface area (Å²) < 4.78 is 0. The lowest BCUT2D eigenvalue weighted by Gasteiger charge is -2.05. The second-order valence-electron chi connectivity index (χ2n) is 2.35. The van der Waals surface area contributed by atoms with Crippen molar-refractivity contribution in [1.29, 1.82) is 0 Å². The van der Waals surface area contributed by atoms with Crippen molar-refractivity contribution < 1.29 is 5.11 Å². The molecule has 0 heterocycles. The summed E-state index contributed by atoms with van der Waals surface area (Å²) in [6.07, 6.45) is 2.18. The Hall–Kier alpha value is -0.660. The first-order valence-corrected chi connectivity index (χ1v) is 4.19. The third kappa shape index (κ3) is 1.74. The quantitative estimate of drug-likeness (QED) is 0.730. The largest absolute Gasteiger partial charge is 0.506 e. The lowest BCUT2D eigenvalue weighted by molar-refractivity contribution is 0.470. The molecule has 1 nitrogen and oxygen atoms in total. The van der Waals surface area contributed by atoms with Crippen LogP contribution in [-0.4, -0.2) is 5.11 Å². The number of phenolic OH excluding ortho intramolecular Hbond substituents is 1. The van der Waals surface area contributed by atoms with Crippen LogP contribution in [0, 0.1) is 0 Å². The Morgan fingerprint density at radius 2 is 1.92 bits per heavy atom. The van der Waals surface area contributed by atoms with Gasteiger partial charge in [-0.25, -0.2) is 0 Å². The summed E-state index contributed by atoms with van der Waals surface area (Å²) in [5.74, 6) is 0.0454. The molecule has 0 aliphatic carbocycles. The molecule has 1 N–H and O–H groups in total. The number of hydrogen-bond donors (Lipinski definition) is 1. The molecule has 0 saturated heterocycles. The topological polar surface area (TPSA) is 20.2 Å². The van der Waals surface area contributed by atoms with Crippen LogP contribution in [0.1, 0.15) is 5.56 Å². The van der Waals surface area contributed by atoms with Crippen molar-refractivity contribution in [2.24, 2.45) is 0 Å². The first-order chi connectivity index (χ1) is 5.66. The summed E-state index contributed by atoms with van der Waals surface area (Å²) >= 11 is 11.5. The van der Waals surface area contributed by atoms with Crippen LogP contribution in [0.2, 0.25) is 10.0 Å². The summed E-state index contributed by atoms with van der Waals surface area (Å²) in [4.78, 5) is 0. The summed E-state index contributed by atoms with van der Waals surface area (Å²) in [6, 6.07) is 3.22. The molecule has 0 aliphatic rings. The van der Waals surface area contributed by atoms with Gasteiger partial charge in [-0.05, 0) is 18.6 Å². The average molecular weight is 203 g/mol. The van der Waals surface area contributed by atoms with Crippen molar-refractivity contribution >= 4 is 23.2 Å². The Bertz CT molecular complexity index is 308. The van der Waals surface area contributed by atoms with Gasteiger partial charge in [0.15, 0.2) is 0 Å². The van der Waals surface area contributed by atoms with Crippen LogP contribution in [0.5, 0.6) is 5.75 Å². The summed E-state index contributed by atoms with van der Waals surface area (Å²) in [5, 5.41) is 10.3. The van der Waals surface area contributed by atoms with Crippen molar-refractivity contribution in [2.45, 2.75) is 6.42 Å². The lowest BCUT2D eigenvalue weighted by Crippen LogP contribution is -1.84. The van der Waals surface area contributed by atoms with Gasteiger partial charge in [0.1, 0.15) is 5.75 Å². The number of aromatic hydroxyl groups is 1. The van der Waals surface area contributed by atoms with E-state index in [1.807, 2.05) is 0 Å². The third-order valence-electron chi connectivity index (χ3n) is 1.52. The molecule has 0 atom stereocenters. The normalized spacial score (nSPS) is 9.83. The van der Waals surface area contributed by atoms with Crippen LogP contribution in [0.3, 0.4) is 0 Å². The Morgan fingerprint density at radius 3 is 2.50 bits per heavy atom. The standard InChI is InChI=1S/C9H8Cl2O/c1-2-3-6-7(10)4-5-8(11)9(6)12/h2,4-5,12H,1,3H2. The Balaban J connectivity index is 3.22. The van der Waals surface area contributed by atoms with Gasteiger partial charge in [0.05, 0.1) is 5.02 Å². The number of hydrogen-bond acceptors (Lipinski definition) is 1. The molecule has 0 fully saturated rings. The lowest BCUT2D eigenvalue weighted by atomic mass is 10.1. The number of phenols is 1. The van der Waals surface area contributed by atoms with E-state index in [1.54, 1.807) is 18.2 Å². The molecular formula is C9H8Cl2O.